The highest BCUT2D eigenvalue weighted by atomic mass is 35.5. The molecule has 0 unspecified atom stereocenters. The molecule has 8 heteroatoms. The Kier molecular flexibility index (Phi) is 6.52. The highest BCUT2D eigenvalue weighted by molar-refractivity contribution is 6.30. The third kappa shape index (κ3) is 4.75. The van der Waals surface area contributed by atoms with E-state index in [9.17, 15) is 9.90 Å². The second-order valence-corrected chi connectivity index (χ2v) is 5.16. The van der Waals surface area contributed by atoms with Crippen LogP contribution in [0.25, 0.3) is 5.69 Å². The zero-order valence-electron chi connectivity index (χ0n) is 12.8. The van der Waals surface area contributed by atoms with Crippen molar-refractivity contribution in [1.82, 2.24) is 20.3 Å². The van der Waals surface area contributed by atoms with E-state index in [4.69, 9.17) is 16.3 Å². The molecule has 0 aliphatic rings. The van der Waals surface area contributed by atoms with Gasteiger partial charge in [0.25, 0.3) is 5.91 Å². The summed E-state index contributed by atoms with van der Waals surface area (Å²) >= 11 is 5.84. The van der Waals surface area contributed by atoms with Gasteiger partial charge in [-0.05, 0) is 37.6 Å². The van der Waals surface area contributed by atoms with Crippen molar-refractivity contribution in [1.29, 1.82) is 0 Å². The molecular weight excluding hydrogens is 320 g/mol. The fourth-order valence-corrected chi connectivity index (χ4v) is 2.04. The van der Waals surface area contributed by atoms with Crippen LogP contribution in [-0.4, -0.2) is 45.8 Å². The molecule has 1 aromatic carbocycles. The van der Waals surface area contributed by atoms with Crippen LogP contribution in [0.3, 0.4) is 0 Å². The van der Waals surface area contributed by atoms with Crippen molar-refractivity contribution < 1.29 is 14.6 Å². The van der Waals surface area contributed by atoms with Crippen LogP contribution in [0.15, 0.2) is 24.3 Å². The minimum Gasteiger partial charge on any atom is -0.390 e. The number of hydrogen-bond acceptors (Lipinski definition) is 5. The number of hydrogen-bond donors (Lipinski definition) is 2. The molecule has 0 bridgehead atoms. The molecule has 2 N–H and O–H groups in total. The number of aromatic nitrogens is 3. The number of halogens is 1. The van der Waals surface area contributed by atoms with Gasteiger partial charge in [0.05, 0.1) is 12.3 Å². The molecule has 0 aliphatic heterocycles. The van der Waals surface area contributed by atoms with Crippen LogP contribution in [0.4, 0.5) is 0 Å². The van der Waals surface area contributed by atoms with Crippen LogP contribution in [0.5, 0.6) is 0 Å². The minimum absolute atomic E-state index is 0.110. The van der Waals surface area contributed by atoms with Crippen molar-refractivity contribution in [2.45, 2.75) is 20.0 Å². The van der Waals surface area contributed by atoms with E-state index in [0.29, 0.717) is 36.9 Å². The smallest absolute Gasteiger partial charge is 0.273 e. The van der Waals surface area contributed by atoms with Crippen molar-refractivity contribution >= 4 is 17.5 Å². The Morgan fingerprint density at radius 3 is 2.74 bits per heavy atom. The van der Waals surface area contributed by atoms with Crippen LogP contribution in [0.2, 0.25) is 5.02 Å². The largest absolute Gasteiger partial charge is 0.390 e. The maximum absolute atomic E-state index is 12.2. The lowest BCUT2D eigenvalue weighted by Crippen LogP contribution is -2.26. The molecule has 2 aromatic rings. The maximum Gasteiger partial charge on any atom is 0.273 e. The number of nitrogens with zero attached hydrogens (tertiary/aromatic N) is 3. The molecule has 2 rings (SSSR count). The van der Waals surface area contributed by atoms with Crippen molar-refractivity contribution in [2.75, 3.05) is 19.8 Å². The molecule has 0 aliphatic carbocycles. The van der Waals surface area contributed by atoms with E-state index in [2.05, 4.69) is 15.5 Å². The highest BCUT2D eigenvalue weighted by Crippen LogP contribution is 2.13. The monoisotopic (exact) mass is 338 g/mol. The van der Waals surface area contributed by atoms with Gasteiger partial charge in [0, 0.05) is 24.8 Å². The fraction of sp³-hybridized carbons (Fsp3) is 0.400. The number of rotatable bonds is 8. The van der Waals surface area contributed by atoms with Crippen LogP contribution < -0.4 is 5.32 Å². The Balaban J connectivity index is 2.06. The molecule has 124 valence electrons. The predicted molar refractivity (Wildman–Crippen MR) is 85.7 cm³/mol. The number of ether oxygens (including phenoxy) is 1. The summed E-state index contributed by atoms with van der Waals surface area (Å²) in [5, 5.41) is 21.0. The van der Waals surface area contributed by atoms with E-state index in [0.717, 1.165) is 0 Å². The van der Waals surface area contributed by atoms with E-state index in [1.807, 2.05) is 6.92 Å². The quantitative estimate of drug-likeness (QED) is 0.713. The number of aliphatic hydroxyl groups excluding tert-OH is 1. The Morgan fingerprint density at radius 2 is 2.09 bits per heavy atom. The molecule has 1 aromatic heterocycles. The van der Waals surface area contributed by atoms with E-state index < -0.39 is 0 Å². The van der Waals surface area contributed by atoms with Crippen molar-refractivity contribution in [3.8, 4) is 5.69 Å². The average molecular weight is 339 g/mol. The number of carbonyl (C=O) groups is 1. The SMILES string of the molecule is CCOCCCNC(=O)c1nn(-c2ccc(Cl)cc2)nc1CO. The molecule has 0 fully saturated rings. The number of benzene rings is 1. The van der Waals surface area contributed by atoms with Gasteiger partial charge >= 0.3 is 0 Å². The van der Waals surface area contributed by atoms with Gasteiger partial charge in [-0.25, -0.2) is 0 Å². The van der Waals surface area contributed by atoms with Crippen LogP contribution in [-0.2, 0) is 11.3 Å². The lowest BCUT2D eigenvalue weighted by atomic mass is 10.3. The molecular formula is C15H19ClN4O3. The Bertz CT molecular complexity index is 643. The van der Waals surface area contributed by atoms with Crippen LogP contribution in [0, 0.1) is 0 Å². The summed E-state index contributed by atoms with van der Waals surface area (Å²) in [6.07, 6.45) is 0.708. The van der Waals surface area contributed by atoms with Gasteiger partial charge in [-0.15, -0.1) is 10.2 Å². The molecule has 0 saturated heterocycles. The normalized spacial score (nSPS) is 10.7. The van der Waals surface area contributed by atoms with E-state index in [1.165, 1.54) is 4.80 Å². The van der Waals surface area contributed by atoms with Crippen LogP contribution in [0.1, 0.15) is 29.5 Å². The topological polar surface area (TPSA) is 89.3 Å². The van der Waals surface area contributed by atoms with Gasteiger partial charge in [0.15, 0.2) is 5.69 Å². The second kappa shape index (κ2) is 8.61. The number of aliphatic hydroxyl groups is 1. The third-order valence-corrected chi connectivity index (χ3v) is 3.31. The summed E-state index contributed by atoms with van der Waals surface area (Å²) in [6, 6.07) is 6.86. The second-order valence-electron chi connectivity index (χ2n) is 4.73. The van der Waals surface area contributed by atoms with Crippen LogP contribution >= 0.6 is 11.6 Å². The summed E-state index contributed by atoms with van der Waals surface area (Å²) < 4.78 is 5.20. The van der Waals surface area contributed by atoms with Gasteiger partial charge in [-0.3, -0.25) is 4.79 Å². The maximum atomic E-state index is 12.2. The first-order valence-corrected chi connectivity index (χ1v) is 7.72. The predicted octanol–water partition coefficient (Wildman–Crippen LogP) is 1.57. The molecule has 1 amide bonds. The molecule has 0 saturated carbocycles. The standard InChI is InChI=1S/C15H19ClN4O3/c1-2-23-9-3-8-17-15(22)14-13(10-21)18-20(19-14)12-6-4-11(16)5-7-12/h4-7,21H,2-3,8-10H2,1H3,(H,17,22). The van der Waals surface area contributed by atoms with E-state index in [1.54, 1.807) is 24.3 Å². The van der Waals surface area contributed by atoms with E-state index >= 15 is 0 Å². The minimum atomic E-state index is -0.370. The Morgan fingerprint density at radius 1 is 1.35 bits per heavy atom. The highest BCUT2D eigenvalue weighted by Gasteiger charge is 2.18. The first-order valence-electron chi connectivity index (χ1n) is 7.34. The fourth-order valence-electron chi connectivity index (χ4n) is 1.91. The van der Waals surface area contributed by atoms with Crippen molar-refractivity contribution in [2.24, 2.45) is 0 Å². The Labute approximate surface area is 139 Å². The Hall–Kier alpha value is -1.96. The van der Waals surface area contributed by atoms with Gasteiger partial charge in [0.1, 0.15) is 5.69 Å². The lowest BCUT2D eigenvalue weighted by Gasteiger charge is -2.03. The summed E-state index contributed by atoms with van der Waals surface area (Å²) in [4.78, 5) is 13.5. The summed E-state index contributed by atoms with van der Waals surface area (Å²) in [5.74, 6) is -0.370. The first kappa shape index (κ1) is 17.4. The average Bonchev–Trinajstić information content (AvgIpc) is 2.99. The number of nitrogens with one attached hydrogen (secondary N) is 1. The molecule has 1 heterocycles. The van der Waals surface area contributed by atoms with Crippen molar-refractivity contribution in [3.63, 3.8) is 0 Å². The molecule has 0 spiro atoms. The first-order chi connectivity index (χ1) is 11.2. The van der Waals surface area contributed by atoms with Gasteiger partial charge in [-0.1, -0.05) is 11.6 Å². The summed E-state index contributed by atoms with van der Waals surface area (Å²) in [6.45, 7) is 3.26. The van der Waals surface area contributed by atoms with Gasteiger partial charge in [-0.2, -0.15) is 4.80 Å². The zero-order chi connectivity index (χ0) is 16.7. The van der Waals surface area contributed by atoms with Gasteiger partial charge < -0.3 is 15.2 Å². The van der Waals surface area contributed by atoms with Crippen molar-refractivity contribution in [3.05, 3.63) is 40.7 Å². The molecule has 7 nitrogen and oxygen atoms in total. The summed E-state index contributed by atoms with van der Waals surface area (Å²) in [7, 11) is 0. The zero-order valence-corrected chi connectivity index (χ0v) is 13.6. The molecule has 0 radical (unpaired) electrons. The number of carbonyl (C=O) groups excluding carboxylic acids is 1. The van der Waals surface area contributed by atoms with Gasteiger partial charge in [0.2, 0.25) is 0 Å². The lowest BCUT2D eigenvalue weighted by molar-refractivity contribution is 0.0936. The third-order valence-electron chi connectivity index (χ3n) is 3.06. The number of amides is 1. The molecule has 23 heavy (non-hydrogen) atoms. The van der Waals surface area contributed by atoms with E-state index in [-0.39, 0.29) is 23.9 Å². The summed E-state index contributed by atoms with van der Waals surface area (Å²) in [5.41, 5.74) is 0.987. The molecule has 0 atom stereocenters.